The van der Waals surface area contributed by atoms with Crippen LogP contribution in [0.3, 0.4) is 0 Å². The van der Waals surface area contributed by atoms with Gasteiger partial charge in [0.25, 0.3) is 5.91 Å². The number of aryl methyl sites for hydroxylation is 1. The van der Waals surface area contributed by atoms with Crippen molar-refractivity contribution in [2.45, 2.75) is 32.1 Å². The summed E-state index contributed by atoms with van der Waals surface area (Å²) in [5.41, 5.74) is 2.33. The lowest BCUT2D eigenvalue weighted by molar-refractivity contribution is -0.116. The van der Waals surface area contributed by atoms with E-state index >= 15 is 0 Å². The van der Waals surface area contributed by atoms with Crippen LogP contribution >= 0.6 is 22.7 Å². The summed E-state index contributed by atoms with van der Waals surface area (Å²) >= 11 is 2.97. The fraction of sp³-hybridized carbons (Fsp3) is 0.353. The molecule has 0 spiro atoms. The number of carbonyl (C=O) groups excluding carboxylic acids is 2. The van der Waals surface area contributed by atoms with Gasteiger partial charge in [0.05, 0.1) is 5.56 Å². The molecular weight excluding hydrogens is 342 g/mol. The predicted octanol–water partition coefficient (Wildman–Crippen LogP) is 3.32. The van der Waals surface area contributed by atoms with E-state index in [1.54, 1.807) is 11.4 Å². The van der Waals surface area contributed by atoms with Crippen LogP contribution in [-0.4, -0.2) is 18.4 Å². The number of hydrogen-bond acceptors (Lipinski definition) is 5. The number of thiophene rings is 2. The zero-order valence-corrected chi connectivity index (χ0v) is 14.7. The number of nitrogens with one attached hydrogen (secondary N) is 2. The summed E-state index contributed by atoms with van der Waals surface area (Å²) < 4.78 is 0. The maximum absolute atomic E-state index is 12.1. The van der Waals surface area contributed by atoms with Crippen molar-refractivity contribution >= 4 is 39.5 Å². The Balaban J connectivity index is 1.55. The highest BCUT2D eigenvalue weighted by Crippen LogP contribution is 2.37. The highest BCUT2D eigenvalue weighted by Gasteiger charge is 2.21. The van der Waals surface area contributed by atoms with Gasteiger partial charge in [-0.2, -0.15) is 16.6 Å². The topological polar surface area (TPSA) is 82.0 Å². The number of hydrogen-bond donors (Lipinski definition) is 2. The van der Waals surface area contributed by atoms with E-state index in [1.165, 1.54) is 27.6 Å². The minimum absolute atomic E-state index is 0.173. The van der Waals surface area contributed by atoms with Gasteiger partial charge in [-0.25, -0.2) is 0 Å². The third-order valence-corrected chi connectivity index (χ3v) is 5.85. The first-order valence-corrected chi connectivity index (χ1v) is 9.60. The van der Waals surface area contributed by atoms with Crippen LogP contribution in [0, 0.1) is 11.3 Å². The third-order valence-electron chi connectivity index (χ3n) is 3.96. The number of fused-ring (bicyclic) bond motifs is 1. The van der Waals surface area contributed by atoms with E-state index in [1.807, 2.05) is 5.38 Å². The molecule has 0 bridgehead atoms. The Morgan fingerprint density at radius 3 is 2.88 bits per heavy atom. The van der Waals surface area contributed by atoms with Crippen LogP contribution in [0.15, 0.2) is 16.8 Å². The first kappa shape index (κ1) is 16.7. The Morgan fingerprint density at radius 2 is 2.12 bits per heavy atom. The monoisotopic (exact) mass is 359 g/mol. The normalized spacial score (nSPS) is 13.0. The van der Waals surface area contributed by atoms with Gasteiger partial charge in [-0.3, -0.25) is 9.59 Å². The number of carbonyl (C=O) groups is 2. The summed E-state index contributed by atoms with van der Waals surface area (Å²) in [7, 11) is 0. The van der Waals surface area contributed by atoms with Crippen molar-refractivity contribution in [1.29, 1.82) is 5.26 Å². The largest absolute Gasteiger partial charge is 0.351 e. The summed E-state index contributed by atoms with van der Waals surface area (Å²) in [5, 5.41) is 19.2. The van der Waals surface area contributed by atoms with E-state index < -0.39 is 0 Å². The Kier molecular flexibility index (Phi) is 5.28. The minimum Gasteiger partial charge on any atom is -0.351 e. The molecule has 0 fully saturated rings. The molecule has 0 aliphatic heterocycles. The van der Waals surface area contributed by atoms with Crippen molar-refractivity contribution in [3.63, 3.8) is 0 Å². The van der Waals surface area contributed by atoms with Crippen LogP contribution in [-0.2, 0) is 17.6 Å². The van der Waals surface area contributed by atoms with Gasteiger partial charge in [-0.1, -0.05) is 0 Å². The van der Waals surface area contributed by atoms with Crippen molar-refractivity contribution < 1.29 is 9.59 Å². The average molecular weight is 359 g/mol. The molecule has 2 amide bonds. The van der Waals surface area contributed by atoms with Gasteiger partial charge in [-0.15, -0.1) is 11.3 Å². The van der Waals surface area contributed by atoms with Gasteiger partial charge in [-0.05, 0) is 42.7 Å². The zero-order valence-electron chi connectivity index (χ0n) is 13.1. The molecule has 0 radical (unpaired) electrons. The summed E-state index contributed by atoms with van der Waals surface area (Å²) in [6.07, 6.45) is 4.33. The predicted molar refractivity (Wildman–Crippen MR) is 95.6 cm³/mol. The van der Waals surface area contributed by atoms with E-state index in [-0.39, 0.29) is 24.8 Å². The lowest BCUT2D eigenvalue weighted by Crippen LogP contribution is -2.27. The number of anilines is 1. The van der Waals surface area contributed by atoms with E-state index in [4.69, 9.17) is 0 Å². The van der Waals surface area contributed by atoms with Crippen molar-refractivity contribution in [1.82, 2.24) is 5.32 Å². The van der Waals surface area contributed by atoms with Crippen LogP contribution in [0.25, 0.3) is 0 Å². The van der Waals surface area contributed by atoms with Crippen molar-refractivity contribution in [3.05, 3.63) is 38.4 Å². The van der Waals surface area contributed by atoms with Crippen molar-refractivity contribution in [2.24, 2.45) is 0 Å². The first-order chi connectivity index (χ1) is 11.7. The number of amides is 2. The lowest BCUT2D eigenvalue weighted by Gasteiger charge is -2.09. The Morgan fingerprint density at radius 1 is 1.29 bits per heavy atom. The van der Waals surface area contributed by atoms with Gasteiger partial charge in [0.15, 0.2) is 0 Å². The van der Waals surface area contributed by atoms with Crippen LogP contribution in [0.4, 0.5) is 5.00 Å². The first-order valence-electron chi connectivity index (χ1n) is 7.84. The van der Waals surface area contributed by atoms with Crippen molar-refractivity contribution in [3.8, 4) is 6.07 Å². The van der Waals surface area contributed by atoms with E-state index in [9.17, 15) is 14.9 Å². The maximum atomic E-state index is 12.1. The third kappa shape index (κ3) is 3.66. The fourth-order valence-corrected chi connectivity index (χ4v) is 4.64. The lowest BCUT2D eigenvalue weighted by atomic mass is 9.96. The average Bonchev–Trinajstić information content (AvgIpc) is 3.22. The second-order valence-electron chi connectivity index (χ2n) is 5.59. The summed E-state index contributed by atoms with van der Waals surface area (Å²) in [5.74, 6) is -0.357. The molecule has 2 aromatic rings. The smallest absolute Gasteiger partial charge is 0.252 e. The minimum atomic E-state index is -0.185. The quantitative estimate of drug-likeness (QED) is 0.859. The molecule has 0 saturated carbocycles. The molecule has 7 heteroatoms. The molecule has 3 rings (SSSR count). The number of rotatable bonds is 5. The van der Waals surface area contributed by atoms with Gasteiger partial charge >= 0.3 is 0 Å². The molecule has 2 aromatic heterocycles. The molecule has 5 nitrogen and oxygen atoms in total. The number of nitriles is 1. The molecule has 124 valence electrons. The molecule has 0 atom stereocenters. The van der Waals surface area contributed by atoms with Crippen molar-refractivity contribution in [2.75, 3.05) is 11.9 Å². The Hall–Kier alpha value is -2.17. The number of nitrogens with zero attached hydrogens (tertiary/aromatic N) is 1. The van der Waals surface area contributed by atoms with Crippen LogP contribution in [0.5, 0.6) is 0 Å². The highest BCUT2D eigenvalue weighted by atomic mass is 32.1. The second-order valence-corrected chi connectivity index (χ2v) is 7.48. The molecule has 1 aliphatic rings. The van der Waals surface area contributed by atoms with E-state index in [0.717, 1.165) is 31.2 Å². The summed E-state index contributed by atoms with van der Waals surface area (Å²) in [6, 6.07) is 3.97. The maximum Gasteiger partial charge on any atom is 0.252 e. The molecule has 0 saturated heterocycles. The summed E-state index contributed by atoms with van der Waals surface area (Å²) in [6.45, 7) is 0.271. The van der Waals surface area contributed by atoms with Crippen LogP contribution in [0.2, 0.25) is 0 Å². The summed E-state index contributed by atoms with van der Waals surface area (Å²) in [4.78, 5) is 25.1. The molecule has 1 aliphatic carbocycles. The van der Waals surface area contributed by atoms with E-state index in [0.29, 0.717) is 16.1 Å². The molecule has 24 heavy (non-hydrogen) atoms. The molecule has 2 heterocycles. The van der Waals surface area contributed by atoms with Gasteiger partial charge in [0, 0.05) is 28.8 Å². The fourth-order valence-electron chi connectivity index (χ4n) is 2.75. The molecular formula is C17H17N3O2S2. The van der Waals surface area contributed by atoms with Gasteiger partial charge < -0.3 is 10.6 Å². The van der Waals surface area contributed by atoms with Gasteiger partial charge in [0.1, 0.15) is 11.1 Å². The molecule has 0 unspecified atom stereocenters. The Labute approximate surface area is 148 Å². The van der Waals surface area contributed by atoms with Crippen LogP contribution < -0.4 is 10.6 Å². The SMILES string of the molecule is N#Cc1c(NC(=O)CCNC(=O)c2ccsc2)sc2c1CCCC2. The highest BCUT2D eigenvalue weighted by molar-refractivity contribution is 7.16. The molecule has 2 N–H and O–H groups in total. The van der Waals surface area contributed by atoms with Gasteiger partial charge in [0.2, 0.25) is 5.91 Å². The Bertz CT molecular complexity index is 788. The van der Waals surface area contributed by atoms with E-state index in [2.05, 4.69) is 16.7 Å². The standard InChI is InChI=1S/C17H17N3O2S2/c18-9-13-12-3-1-2-4-14(12)24-17(13)20-15(21)5-7-19-16(22)11-6-8-23-10-11/h6,8,10H,1-5,7H2,(H,19,22)(H,20,21). The zero-order chi connectivity index (χ0) is 16.9. The molecule has 0 aromatic carbocycles. The van der Waals surface area contributed by atoms with Crippen LogP contribution in [0.1, 0.15) is 45.6 Å². The second kappa shape index (κ2) is 7.60.